The van der Waals surface area contributed by atoms with Gasteiger partial charge >= 0.3 is 11.8 Å². The lowest BCUT2D eigenvalue weighted by Gasteiger charge is -2.23. The summed E-state index contributed by atoms with van der Waals surface area (Å²) < 4.78 is 37.7. The average Bonchev–Trinajstić information content (AvgIpc) is 3.05. The van der Waals surface area contributed by atoms with E-state index < -0.39 is 23.2 Å². The van der Waals surface area contributed by atoms with Crippen molar-refractivity contribution in [3.63, 3.8) is 0 Å². The van der Waals surface area contributed by atoms with Gasteiger partial charge in [0.15, 0.2) is 23.1 Å². The Morgan fingerprint density at radius 3 is 2.49 bits per heavy atom. The van der Waals surface area contributed by atoms with Crippen LogP contribution in [0.4, 0.5) is 10.1 Å². The fraction of sp³-hybridized carbons (Fsp3) is 0.303. The lowest BCUT2D eigenvalue weighted by atomic mass is 9.99. The van der Waals surface area contributed by atoms with E-state index in [0.29, 0.717) is 47.1 Å². The number of hydrogen-bond acceptors (Lipinski definition) is 8. The first-order chi connectivity index (χ1) is 21.8. The van der Waals surface area contributed by atoms with Gasteiger partial charge in [-0.3, -0.25) is 14.4 Å². The van der Waals surface area contributed by atoms with E-state index >= 15 is 4.39 Å². The van der Waals surface area contributed by atoms with E-state index in [2.05, 4.69) is 20.9 Å². The molecule has 0 saturated carbocycles. The molecule has 1 saturated heterocycles. The van der Waals surface area contributed by atoms with E-state index in [4.69, 9.17) is 18.9 Å². The van der Waals surface area contributed by atoms with Gasteiger partial charge in [0, 0.05) is 35.8 Å². The van der Waals surface area contributed by atoms with Crippen molar-refractivity contribution in [1.82, 2.24) is 15.6 Å². The van der Waals surface area contributed by atoms with Gasteiger partial charge in [-0.15, -0.1) is 0 Å². The number of carbonyl (C=O) groups excluding carboxylic acids is 2. The number of anilines is 1. The second kappa shape index (κ2) is 14.6. The third kappa shape index (κ3) is 8.09. The molecule has 1 fully saturated rings. The fourth-order valence-electron chi connectivity index (χ4n) is 5.04. The van der Waals surface area contributed by atoms with Gasteiger partial charge in [-0.25, -0.2) is 4.39 Å². The molecule has 0 aliphatic carbocycles. The van der Waals surface area contributed by atoms with Gasteiger partial charge in [-0.2, -0.15) is 0 Å². The second-order valence-electron chi connectivity index (χ2n) is 10.6. The maximum atomic E-state index is 15.1. The summed E-state index contributed by atoms with van der Waals surface area (Å²) >= 11 is 0. The molecule has 0 unspecified atom stereocenters. The molecule has 12 heteroatoms. The summed E-state index contributed by atoms with van der Waals surface area (Å²) in [5.41, 5.74) is 0.968. The SMILES string of the molecule is COc1cccc(CCNC(=O)C(=O)Nc2ccc(Oc3cc(=O)[nH]c4cc(OCC5CCNCC5)c(OC)cc34)c(F)c2)c1. The van der Waals surface area contributed by atoms with Crippen molar-refractivity contribution in [2.75, 3.05) is 45.8 Å². The first-order valence-corrected chi connectivity index (χ1v) is 14.6. The molecule has 11 nitrogen and oxygen atoms in total. The summed E-state index contributed by atoms with van der Waals surface area (Å²) in [7, 11) is 3.08. The molecule has 4 N–H and O–H groups in total. The van der Waals surface area contributed by atoms with E-state index in [1.54, 1.807) is 19.2 Å². The third-order valence-electron chi connectivity index (χ3n) is 7.47. The predicted molar refractivity (Wildman–Crippen MR) is 167 cm³/mol. The van der Waals surface area contributed by atoms with Gasteiger partial charge in [0.25, 0.3) is 5.56 Å². The molecule has 5 rings (SSSR count). The molecule has 1 aliphatic heterocycles. The van der Waals surface area contributed by atoms with Crippen molar-refractivity contribution >= 4 is 28.4 Å². The van der Waals surface area contributed by atoms with Crippen molar-refractivity contribution < 1.29 is 32.9 Å². The number of amides is 2. The van der Waals surface area contributed by atoms with E-state index in [1.165, 1.54) is 25.3 Å². The minimum absolute atomic E-state index is 0.0563. The number of hydrogen-bond donors (Lipinski definition) is 4. The summed E-state index contributed by atoms with van der Waals surface area (Å²) in [6.45, 7) is 2.63. The summed E-state index contributed by atoms with van der Waals surface area (Å²) in [5.74, 6) is -0.679. The molecular weight excluding hydrogens is 583 g/mol. The zero-order chi connectivity index (χ0) is 31.8. The van der Waals surface area contributed by atoms with Gasteiger partial charge in [-0.1, -0.05) is 12.1 Å². The Morgan fingerprint density at radius 2 is 1.73 bits per heavy atom. The lowest BCUT2D eigenvalue weighted by molar-refractivity contribution is -0.136. The number of methoxy groups -OCH3 is 2. The van der Waals surface area contributed by atoms with Gasteiger partial charge in [0.2, 0.25) is 0 Å². The van der Waals surface area contributed by atoms with Crippen LogP contribution in [0.2, 0.25) is 0 Å². The topological polar surface area (TPSA) is 140 Å². The Bertz CT molecular complexity index is 1740. The fourth-order valence-corrected chi connectivity index (χ4v) is 5.04. The van der Waals surface area contributed by atoms with E-state index in [0.717, 1.165) is 37.6 Å². The molecule has 1 aliphatic rings. The Labute approximate surface area is 259 Å². The second-order valence-corrected chi connectivity index (χ2v) is 10.6. The zero-order valence-electron chi connectivity index (χ0n) is 25.0. The number of aromatic nitrogens is 1. The summed E-state index contributed by atoms with van der Waals surface area (Å²) in [4.78, 5) is 39.9. The highest BCUT2D eigenvalue weighted by molar-refractivity contribution is 6.39. The zero-order valence-corrected chi connectivity index (χ0v) is 25.0. The number of rotatable bonds is 11. The Kier molecular flexibility index (Phi) is 10.2. The number of fused-ring (bicyclic) bond motifs is 1. The molecule has 0 radical (unpaired) electrons. The molecule has 4 aromatic rings. The molecule has 0 atom stereocenters. The van der Waals surface area contributed by atoms with Crippen LogP contribution in [0.1, 0.15) is 18.4 Å². The molecule has 3 aromatic carbocycles. The molecule has 2 heterocycles. The predicted octanol–water partition coefficient (Wildman–Crippen LogP) is 4.15. The molecule has 236 valence electrons. The van der Waals surface area contributed by atoms with Crippen molar-refractivity contribution in [3.8, 4) is 28.7 Å². The minimum Gasteiger partial charge on any atom is -0.497 e. The van der Waals surface area contributed by atoms with Gasteiger partial charge in [-0.05, 0) is 74.2 Å². The first-order valence-electron chi connectivity index (χ1n) is 14.6. The molecule has 1 aromatic heterocycles. The summed E-state index contributed by atoms with van der Waals surface area (Å²) in [6.07, 6.45) is 2.51. The van der Waals surface area contributed by atoms with Gasteiger partial charge in [0.05, 0.1) is 26.3 Å². The van der Waals surface area contributed by atoms with Crippen LogP contribution in [0.15, 0.2) is 65.5 Å². The van der Waals surface area contributed by atoms with E-state index in [9.17, 15) is 14.4 Å². The smallest absolute Gasteiger partial charge is 0.313 e. The Morgan fingerprint density at radius 1 is 0.911 bits per heavy atom. The van der Waals surface area contributed by atoms with Crippen molar-refractivity contribution in [3.05, 3.63) is 82.4 Å². The Hall–Kier alpha value is -5.10. The van der Waals surface area contributed by atoms with Crippen molar-refractivity contribution in [2.45, 2.75) is 19.3 Å². The highest BCUT2D eigenvalue weighted by atomic mass is 19.1. The highest BCUT2D eigenvalue weighted by Crippen LogP contribution is 2.37. The van der Waals surface area contributed by atoms with Crippen molar-refractivity contribution in [1.29, 1.82) is 0 Å². The van der Waals surface area contributed by atoms with Crippen LogP contribution in [0, 0.1) is 11.7 Å². The maximum absolute atomic E-state index is 15.1. The minimum atomic E-state index is -0.945. The van der Waals surface area contributed by atoms with E-state index in [-0.39, 0.29) is 23.7 Å². The monoisotopic (exact) mass is 618 g/mol. The third-order valence-corrected chi connectivity index (χ3v) is 7.47. The van der Waals surface area contributed by atoms with Crippen LogP contribution >= 0.6 is 0 Å². The number of ether oxygens (including phenoxy) is 4. The molecule has 2 amide bonds. The number of pyridine rings is 1. The number of aromatic amines is 1. The number of benzene rings is 3. The molecule has 0 spiro atoms. The summed E-state index contributed by atoms with van der Waals surface area (Å²) in [6, 6.07) is 15.6. The maximum Gasteiger partial charge on any atom is 0.313 e. The quantitative estimate of drug-likeness (QED) is 0.184. The van der Waals surface area contributed by atoms with Crippen LogP contribution < -0.4 is 40.5 Å². The number of halogens is 1. The van der Waals surface area contributed by atoms with Gasteiger partial charge in [0.1, 0.15) is 11.5 Å². The van der Waals surface area contributed by atoms with E-state index in [1.807, 2.05) is 24.3 Å². The van der Waals surface area contributed by atoms with Crippen LogP contribution in [-0.2, 0) is 16.0 Å². The number of carbonyl (C=O) groups is 2. The average molecular weight is 619 g/mol. The number of H-pyrrole nitrogens is 1. The van der Waals surface area contributed by atoms with Crippen LogP contribution in [0.3, 0.4) is 0 Å². The van der Waals surface area contributed by atoms with Gasteiger partial charge < -0.3 is 39.9 Å². The first kappa shape index (κ1) is 31.3. The largest absolute Gasteiger partial charge is 0.497 e. The lowest BCUT2D eigenvalue weighted by Crippen LogP contribution is -2.36. The standard InChI is InChI=1S/C33H35FN4O7/c1-42-23-5-3-4-20(14-23)10-13-36-32(40)33(41)37-22-6-7-27(25(34)15-22)45-28-18-31(39)38-26-17-30(29(43-2)16-24(26)28)44-19-21-8-11-35-12-9-21/h3-7,14-18,21,35H,8-13,19H2,1-2H3,(H,36,40)(H,37,41)(H,38,39). The molecule has 45 heavy (non-hydrogen) atoms. The normalized spacial score (nSPS) is 13.2. The number of piperidine rings is 1. The number of nitrogens with one attached hydrogen (secondary N) is 4. The highest BCUT2D eigenvalue weighted by Gasteiger charge is 2.19. The van der Waals surface area contributed by atoms with Crippen LogP contribution in [0.25, 0.3) is 10.9 Å². The molecule has 0 bridgehead atoms. The van der Waals surface area contributed by atoms with Crippen molar-refractivity contribution in [2.24, 2.45) is 5.92 Å². The summed E-state index contributed by atoms with van der Waals surface area (Å²) in [5, 5.41) is 8.73. The van der Waals surface area contributed by atoms with Crippen LogP contribution in [-0.4, -0.2) is 57.3 Å². The molecular formula is C33H35FN4O7. The Balaban J connectivity index is 1.23. The van der Waals surface area contributed by atoms with Crippen LogP contribution in [0.5, 0.6) is 28.7 Å².